The molecular weight excluding hydrogens is 518 g/mol. The van der Waals surface area contributed by atoms with Gasteiger partial charge >= 0.3 is 10.1 Å². The summed E-state index contributed by atoms with van der Waals surface area (Å²) in [5.41, 5.74) is 1.55. The van der Waals surface area contributed by atoms with Crippen LogP contribution in [-0.2, 0) is 14.9 Å². The zero-order chi connectivity index (χ0) is 25.1. The third-order valence-corrected chi connectivity index (χ3v) is 8.30. The third kappa shape index (κ3) is 5.43. The van der Waals surface area contributed by atoms with Crippen molar-refractivity contribution in [2.24, 2.45) is 4.99 Å². The van der Waals surface area contributed by atoms with Gasteiger partial charge in [-0.15, -0.1) is 0 Å². The number of amidine groups is 1. The molecule has 2 heterocycles. The summed E-state index contributed by atoms with van der Waals surface area (Å²) < 4.78 is 30.8. The lowest BCUT2D eigenvalue weighted by Crippen LogP contribution is -2.47. The largest absolute Gasteiger partial charge is 0.378 e. The summed E-state index contributed by atoms with van der Waals surface area (Å²) >= 11 is 7.41. The molecule has 184 valence electrons. The third-order valence-electron chi connectivity index (χ3n) is 5.77. The number of hydrogen-bond acceptors (Lipinski definition) is 7. The van der Waals surface area contributed by atoms with Crippen molar-refractivity contribution in [3.63, 3.8) is 0 Å². The number of halogens is 1. The average Bonchev–Trinajstić information content (AvgIpc) is 3.25. The Balaban J connectivity index is 1.28. The summed E-state index contributed by atoms with van der Waals surface area (Å²) in [5.74, 6) is -0.209. The second kappa shape index (κ2) is 10.4. The molecule has 0 atom stereocenters. The van der Waals surface area contributed by atoms with E-state index in [4.69, 9.17) is 15.8 Å². The topological polar surface area (TPSA) is 79.3 Å². The number of aliphatic imine (C=N–C) groups is 1. The van der Waals surface area contributed by atoms with Crippen LogP contribution in [0.2, 0.25) is 5.02 Å². The van der Waals surface area contributed by atoms with E-state index in [1.807, 2.05) is 24.3 Å². The number of para-hydroxylation sites is 1. The van der Waals surface area contributed by atoms with Crippen molar-refractivity contribution in [1.29, 1.82) is 0 Å². The highest BCUT2D eigenvalue weighted by Gasteiger charge is 2.29. The van der Waals surface area contributed by atoms with Crippen LogP contribution in [0.25, 0.3) is 6.08 Å². The number of benzene rings is 3. The predicted octanol–water partition coefficient (Wildman–Crippen LogP) is 4.90. The van der Waals surface area contributed by atoms with E-state index in [-0.39, 0.29) is 16.6 Å². The van der Waals surface area contributed by atoms with Crippen LogP contribution in [0.3, 0.4) is 0 Å². The number of piperazine rings is 1. The molecule has 2 aliphatic rings. The number of thioether (sulfide) groups is 1. The molecule has 36 heavy (non-hydrogen) atoms. The normalized spacial score (nSPS) is 17.4. The Morgan fingerprint density at radius 3 is 2.33 bits per heavy atom. The van der Waals surface area contributed by atoms with Gasteiger partial charge in [0.2, 0.25) is 0 Å². The molecule has 0 radical (unpaired) electrons. The van der Waals surface area contributed by atoms with E-state index < -0.39 is 10.1 Å². The Morgan fingerprint density at radius 1 is 0.889 bits per heavy atom. The van der Waals surface area contributed by atoms with E-state index in [9.17, 15) is 13.2 Å². The van der Waals surface area contributed by atoms with Crippen LogP contribution in [0, 0.1) is 0 Å². The van der Waals surface area contributed by atoms with Crippen LogP contribution in [0.1, 0.15) is 5.56 Å². The Hall–Kier alpha value is -3.27. The van der Waals surface area contributed by atoms with Crippen LogP contribution in [0.4, 0.5) is 5.69 Å². The van der Waals surface area contributed by atoms with Gasteiger partial charge in [0.1, 0.15) is 10.6 Å². The van der Waals surface area contributed by atoms with Crippen LogP contribution in [-0.4, -0.2) is 50.6 Å². The first-order chi connectivity index (χ1) is 17.4. The van der Waals surface area contributed by atoms with E-state index in [0.29, 0.717) is 33.7 Å². The van der Waals surface area contributed by atoms with Crippen LogP contribution in [0.5, 0.6) is 5.75 Å². The molecule has 0 bridgehead atoms. The Kier molecular flexibility index (Phi) is 7.04. The van der Waals surface area contributed by atoms with Gasteiger partial charge in [0, 0.05) is 42.5 Å². The highest BCUT2D eigenvalue weighted by Crippen LogP contribution is 2.34. The summed E-state index contributed by atoms with van der Waals surface area (Å²) in [6.45, 7) is 2.99. The first kappa shape index (κ1) is 24.4. The fourth-order valence-corrected chi connectivity index (χ4v) is 6.05. The first-order valence-electron chi connectivity index (χ1n) is 11.3. The smallest absolute Gasteiger partial charge is 0.339 e. The molecule has 0 unspecified atom stereocenters. The van der Waals surface area contributed by atoms with Crippen molar-refractivity contribution in [1.82, 2.24) is 4.90 Å². The average molecular weight is 540 g/mol. The van der Waals surface area contributed by atoms with E-state index in [1.54, 1.807) is 48.5 Å². The quantitative estimate of drug-likeness (QED) is 0.337. The molecule has 0 aromatic heterocycles. The minimum atomic E-state index is -4.01. The fourth-order valence-electron chi connectivity index (χ4n) is 3.93. The van der Waals surface area contributed by atoms with Crippen molar-refractivity contribution in [3.05, 3.63) is 94.4 Å². The van der Waals surface area contributed by atoms with Crippen LogP contribution < -0.4 is 9.08 Å². The van der Waals surface area contributed by atoms with Gasteiger partial charge in [0.05, 0.1) is 4.91 Å². The van der Waals surface area contributed by atoms with Crippen molar-refractivity contribution in [2.75, 3.05) is 31.1 Å². The first-order valence-corrected chi connectivity index (χ1v) is 13.9. The summed E-state index contributed by atoms with van der Waals surface area (Å²) in [6.07, 6.45) is 1.63. The molecule has 0 N–H and O–H groups in total. The molecule has 5 rings (SSSR count). The number of rotatable bonds is 5. The predicted molar refractivity (Wildman–Crippen MR) is 144 cm³/mol. The summed E-state index contributed by atoms with van der Waals surface area (Å²) in [6, 6.07) is 22.4. The Labute approximate surface area is 219 Å². The molecule has 0 aliphatic carbocycles. The summed E-state index contributed by atoms with van der Waals surface area (Å²) in [7, 11) is -4.01. The Bertz CT molecular complexity index is 1450. The van der Waals surface area contributed by atoms with Crippen LogP contribution >= 0.6 is 23.4 Å². The van der Waals surface area contributed by atoms with Gasteiger partial charge < -0.3 is 14.0 Å². The lowest BCUT2D eigenvalue weighted by Gasteiger charge is -2.36. The standard InChI is InChI=1S/C26H22ClN3O4S2/c27-20-8-6-9-21(18-20)29-13-15-30(16-14-29)26-28-25(31)24(35-26)17-19-7-4-5-12-23(19)34-36(32,33)22-10-2-1-3-11-22/h1-12,17-18H,13-16H2/b24-17-. The van der Waals surface area contributed by atoms with Crippen molar-refractivity contribution >= 4 is 56.3 Å². The zero-order valence-corrected chi connectivity index (χ0v) is 21.5. The molecule has 7 nitrogen and oxygen atoms in total. The van der Waals surface area contributed by atoms with Crippen molar-refractivity contribution in [3.8, 4) is 5.75 Å². The lowest BCUT2D eigenvalue weighted by molar-refractivity contribution is -0.113. The SMILES string of the molecule is O=C1N=C(N2CCN(c3cccc(Cl)c3)CC2)S/C1=C\c1ccccc1OS(=O)(=O)c1ccccc1. The maximum Gasteiger partial charge on any atom is 0.339 e. The number of amides is 1. The summed E-state index contributed by atoms with van der Waals surface area (Å²) in [4.78, 5) is 21.7. The maximum atomic E-state index is 12.7. The van der Waals surface area contributed by atoms with Crippen molar-refractivity contribution in [2.45, 2.75) is 4.90 Å². The van der Waals surface area contributed by atoms with Crippen molar-refractivity contribution < 1.29 is 17.4 Å². The van der Waals surface area contributed by atoms with Gasteiger partial charge in [0.25, 0.3) is 5.91 Å². The minimum absolute atomic E-state index is 0.0568. The number of carbonyl (C=O) groups excluding carboxylic acids is 1. The molecule has 1 saturated heterocycles. The van der Waals surface area contributed by atoms with E-state index in [0.717, 1.165) is 18.8 Å². The van der Waals surface area contributed by atoms with Crippen LogP contribution in [0.15, 0.2) is 93.7 Å². The van der Waals surface area contributed by atoms with Gasteiger partial charge in [-0.1, -0.05) is 54.1 Å². The van der Waals surface area contributed by atoms with E-state index >= 15 is 0 Å². The number of carbonyl (C=O) groups is 1. The second-order valence-corrected chi connectivity index (χ2v) is 11.1. The molecule has 2 aliphatic heterocycles. The van der Waals surface area contributed by atoms with Gasteiger partial charge in [-0.05, 0) is 54.2 Å². The number of anilines is 1. The van der Waals surface area contributed by atoms with Gasteiger partial charge in [0.15, 0.2) is 5.17 Å². The van der Waals surface area contributed by atoms with Gasteiger partial charge in [-0.2, -0.15) is 13.4 Å². The number of nitrogens with zero attached hydrogens (tertiary/aromatic N) is 3. The molecule has 1 amide bonds. The van der Waals surface area contributed by atoms with E-state index in [1.165, 1.54) is 23.9 Å². The van der Waals surface area contributed by atoms with Gasteiger partial charge in [-0.3, -0.25) is 4.79 Å². The highest BCUT2D eigenvalue weighted by atomic mass is 35.5. The molecule has 3 aromatic carbocycles. The zero-order valence-electron chi connectivity index (χ0n) is 19.1. The Morgan fingerprint density at radius 2 is 1.58 bits per heavy atom. The van der Waals surface area contributed by atoms with Gasteiger partial charge in [-0.25, -0.2) is 0 Å². The molecule has 3 aromatic rings. The minimum Gasteiger partial charge on any atom is -0.378 e. The molecule has 0 spiro atoms. The molecule has 10 heteroatoms. The number of hydrogen-bond donors (Lipinski definition) is 0. The lowest BCUT2D eigenvalue weighted by atomic mass is 10.2. The molecular formula is C26H22ClN3O4S2. The van der Waals surface area contributed by atoms with E-state index in [2.05, 4.69) is 14.8 Å². The summed E-state index contributed by atoms with van der Waals surface area (Å²) in [5, 5.41) is 1.35. The molecule has 1 fully saturated rings. The molecule has 0 saturated carbocycles. The maximum absolute atomic E-state index is 12.7. The fraction of sp³-hybridized carbons (Fsp3) is 0.154. The monoisotopic (exact) mass is 539 g/mol. The second-order valence-electron chi connectivity index (χ2n) is 8.15. The highest BCUT2D eigenvalue weighted by molar-refractivity contribution is 8.18.